The van der Waals surface area contributed by atoms with E-state index in [1.54, 1.807) is 18.3 Å². The van der Waals surface area contributed by atoms with Gasteiger partial charge in [0.2, 0.25) is 0 Å². The molecular formula is C13H22N2O2. The number of hydrogen-bond acceptors (Lipinski definition) is 4. The first kappa shape index (κ1) is 13.9. The molecule has 0 bridgehead atoms. The average molecular weight is 238 g/mol. The van der Waals surface area contributed by atoms with Crippen molar-refractivity contribution in [3.8, 4) is 0 Å². The standard InChI is InChI=1S/C13H22N2O2/c1-3-10(4-2)13(17)11(16)7-9-5-6-15-12(14)8-9/h5-6,8,10-11,13,16-17H,3-4,7H2,1-2H3,(H2,14,15). The highest BCUT2D eigenvalue weighted by molar-refractivity contribution is 5.32. The summed E-state index contributed by atoms with van der Waals surface area (Å²) >= 11 is 0. The molecule has 0 fully saturated rings. The zero-order chi connectivity index (χ0) is 12.8. The summed E-state index contributed by atoms with van der Waals surface area (Å²) in [4.78, 5) is 3.89. The van der Waals surface area contributed by atoms with Crippen molar-refractivity contribution in [3.05, 3.63) is 23.9 Å². The highest BCUT2D eigenvalue weighted by Gasteiger charge is 2.23. The molecule has 0 aromatic carbocycles. The van der Waals surface area contributed by atoms with Crippen LogP contribution in [0.4, 0.5) is 5.82 Å². The van der Waals surface area contributed by atoms with Gasteiger partial charge in [-0.05, 0) is 23.6 Å². The van der Waals surface area contributed by atoms with E-state index in [-0.39, 0.29) is 5.92 Å². The van der Waals surface area contributed by atoms with Crippen LogP contribution in [0.25, 0.3) is 0 Å². The third kappa shape index (κ3) is 3.98. The normalized spacial score (nSPS) is 14.9. The lowest BCUT2D eigenvalue weighted by Gasteiger charge is -2.25. The van der Waals surface area contributed by atoms with E-state index in [4.69, 9.17) is 5.73 Å². The fourth-order valence-corrected chi connectivity index (χ4v) is 2.07. The Morgan fingerprint density at radius 1 is 1.29 bits per heavy atom. The third-order valence-electron chi connectivity index (χ3n) is 3.22. The van der Waals surface area contributed by atoms with Crippen LogP contribution >= 0.6 is 0 Å². The molecular weight excluding hydrogens is 216 g/mol. The van der Waals surface area contributed by atoms with Crippen LogP contribution in [0.1, 0.15) is 32.3 Å². The van der Waals surface area contributed by atoms with Crippen LogP contribution in [-0.2, 0) is 6.42 Å². The van der Waals surface area contributed by atoms with Crippen LogP contribution in [0.3, 0.4) is 0 Å². The number of rotatable bonds is 6. The molecule has 4 N–H and O–H groups in total. The van der Waals surface area contributed by atoms with Gasteiger partial charge in [0.05, 0.1) is 12.2 Å². The van der Waals surface area contributed by atoms with Gasteiger partial charge in [0, 0.05) is 12.6 Å². The van der Waals surface area contributed by atoms with E-state index in [1.165, 1.54) is 0 Å². The maximum Gasteiger partial charge on any atom is 0.123 e. The second-order valence-corrected chi connectivity index (χ2v) is 4.43. The van der Waals surface area contributed by atoms with Gasteiger partial charge in [0.1, 0.15) is 5.82 Å². The van der Waals surface area contributed by atoms with Crippen molar-refractivity contribution in [2.75, 3.05) is 5.73 Å². The first-order valence-electron chi connectivity index (χ1n) is 6.15. The molecule has 0 aliphatic carbocycles. The van der Waals surface area contributed by atoms with Gasteiger partial charge in [0.25, 0.3) is 0 Å². The summed E-state index contributed by atoms with van der Waals surface area (Å²) in [6, 6.07) is 3.53. The lowest BCUT2D eigenvalue weighted by molar-refractivity contribution is -0.0187. The Hall–Kier alpha value is -1.13. The molecule has 0 radical (unpaired) electrons. The Morgan fingerprint density at radius 3 is 2.47 bits per heavy atom. The lowest BCUT2D eigenvalue weighted by atomic mass is 9.90. The maximum absolute atomic E-state index is 10.0. The number of aromatic nitrogens is 1. The van der Waals surface area contributed by atoms with Crippen LogP contribution in [0, 0.1) is 5.92 Å². The Labute approximate surface area is 102 Å². The van der Waals surface area contributed by atoms with Crippen molar-refractivity contribution in [3.63, 3.8) is 0 Å². The molecule has 0 spiro atoms. The van der Waals surface area contributed by atoms with Gasteiger partial charge >= 0.3 is 0 Å². The lowest BCUT2D eigenvalue weighted by Crippen LogP contribution is -2.34. The molecule has 1 heterocycles. The maximum atomic E-state index is 10.0. The zero-order valence-electron chi connectivity index (χ0n) is 10.5. The first-order chi connectivity index (χ1) is 8.08. The summed E-state index contributed by atoms with van der Waals surface area (Å²) < 4.78 is 0. The average Bonchev–Trinajstić information content (AvgIpc) is 2.30. The number of aliphatic hydroxyl groups is 2. The minimum absolute atomic E-state index is 0.143. The van der Waals surface area contributed by atoms with Crippen molar-refractivity contribution in [2.24, 2.45) is 5.92 Å². The van der Waals surface area contributed by atoms with Gasteiger partial charge in [-0.1, -0.05) is 26.7 Å². The van der Waals surface area contributed by atoms with Crippen molar-refractivity contribution in [1.82, 2.24) is 4.98 Å². The highest BCUT2D eigenvalue weighted by atomic mass is 16.3. The number of nitrogens with zero attached hydrogens (tertiary/aromatic N) is 1. The minimum Gasteiger partial charge on any atom is -0.390 e. The largest absolute Gasteiger partial charge is 0.390 e. The van der Waals surface area contributed by atoms with Crippen LogP contribution < -0.4 is 5.73 Å². The van der Waals surface area contributed by atoms with Crippen molar-refractivity contribution >= 4 is 5.82 Å². The summed E-state index contributed by atoms with van der Waals surface area (Å²) in [6.07, 6.45) is 2.33. The van der Waals surface area contributed by atoms with Gasteiger partial charge in [-0.3, -0.25) is 0 Å². The molecule has 2 unspecified atom stereocenters. The molecule has 2 atom stereocenters. The Kier molecular flexibility index (Phi) is 5.38. The van der Waals surface area contributed by atoms with E-state index in [0.717, 1.165) is 18.4 Å². The van der Waals surface area contributed by atoms with Gasteiger partial charge in [-0.15, -0.1) is 0 Å². The highest BCUT2D eigenvalue weighted by Crippen LogP contribution is 2.18. The molecule has 4 heteroatoms. The number of hydrogen-bond donors (Lipinski definition) is 3. The summed E-state index contributed by atoms with van der Waals surface area (Å²) in [5.74, 6) is 0.580. The van der Waals surface area contributed by atoms with E-state index < -0.39 is 12.2 Å². The smallest absolute Gasteiger partial charge is 0.123 e. The van der Waals surface area contributed by atoms with Gasteiger partial charge in [0.15, 0.2) is 0 Å². The van der Waals surface area contributed by atoms with Gasteiger partial charge < -0.3 is 15.9 Å². The third-order valence-corrected chi connectivity index (χ3v) is 3.22. The predicted octanol–water partition coefficient (Wildman–Crippen LogP) is 1.36. The number of nitrogens with two attached hydrogens (primary N) is 1. The van der Waals surface area contributed by atoms with Crippen LogP contribution in [0.15, 0.2) is 18.3 Å². The molecule has 17 heavy (non-hydrogen) atoms. The second-order valence-electron chi connectivity index (χ2n) is 4.43. The van der Waals surface area contributed by atoms with Crippen molar-refractivity contribution in [1.29, 1.82) is 0 Å². The van der Waals surface area contributed by atoms with Crippen LogP contribution in [0.5, 0.6) is 0 Å². The van der Waals surface area contributed by atoms with Crippen LogP contribution in [-0.4, -0.2) is 27.4 Å². The van der Waals surface area contributed by atoms with Crippen molar-refractivity contribution in [2.45, 2.75) is 45.3 Å². The molecule has 1 aromatic heterocycles. The quantitative estimate of drug-likeness (QED) is 0.699. The van der Waals surface area contributed by atoms with E-state index in [0.29, 0.717) is 12.2 Å². The molecule has 96 valence electrons. The molecule has 1 aromatic rings. The summed E-state index contributed by atoms with van der Waals surface area (Å²) in [5, 5.41) is 20.0. The van der Waals surface area contributed by atoms with Crippen molar-refractivity contribution < 1.29 is 10.2 Å². The topological polar surface area (TPSA) is 79.4 Å². The van der Waals surface area contributed by atoms with E-state index in [2.05, 4.69) is 4.98 Å². The summed E-state index contributed by atoms with van der Waals surface area (Å²) in [5.41, 5.74) is 6.47. The Balaban J connectivity index is 2.62. The molecule has 0 saturated carbocycles. The fourth-order valence-electron chi connectivity index (χ4n) is 2.07. The van der Waals surface area contributed by atoms with E-state index >= 15 is 0 Å². The molecule has 0 aliphatic heterocycles. The number of anilines is 1. The van der Waals surface area contributed by atoms with Gasteiger partial charge in [-0.2, -0.15) is 0 Å². The van der Waals surface area contributed by atoms with E-state index in [1.807, 2.05) is 13.8 Å². The first-order valence-corrected chi connectivity index (χ1v) is 6.15. The van der Waals surface area contributed by atoms with Crippen LogP contribution in [0.2, 0.25) is 0 Å². The fraction of sp³-hybridized carbons (Fsp3) is 0.615. The second kappa shape index (κ2) is 6.57. The van der Waals surface area contributed by atoms with Gasteiger partial charge in [-0.25, -0.2) is 4.98 Å². The Morgan fingerprint density at radius 2 is 1.94 bits per heavy atom. The minimum atomic E-state index is -0.748. The predicted molar refractivity (Wildman–Crippen MR) is 68.4 cm³/mol. The number of pyridine rings is 1. The molecule has 4 nitrogen and oxygen atoms in total. The SMILES string of the molecule is CCC(CC)C(O)C(O)Cc1ccnc(N)c1. The Bertz CT molecular complexity index is 340. The van der Waals surface area contributed by atoms with E-state index in [9.17, 15) is 10.2 Å². The number of aliphatic hydroxyl groups excluding tert-OH is 2. The monoisotopic (exact) mass is 238 g/mol. The summed E-state index contributed by atoms with van der Waals surface area (Å²) in [6.45, 7) is 4.04. The zero-order valence-corrected chi connectivity index (χ0v) is 10.5. The summed E-state index contributed by atoms with van der Waals surface area (Å²) in [7, 11) is 0. The molecule has 0 saturated heterocycles. The molecule has 0 amide bonds. The molecule has 0 aliphatic rings. The number of nitrogen functional groups attached to an aromatic ring is 1. The molecule has 1 rings (SSSR count).